The predicted octanol–water partition coefficient (Wildman–Crippen LogP) is 1.90. The Balaban J connectivity index is 1.97. The average Bonchev–Trinajstić information content (AvgIpc) is 2.67. The Morgan fingerprint density at radius 1 is 1.38 bits per heavy atom. The fourth-order valence-electron chi connectivity index (χ4n) is 1.94. The molecule has 0 atom stereocenters. The van der Waals surface area contributed by atoms with Crippen molar-refractivity contribution in [2.75, 3.05) is 13.1 Å². The first-order chi connectivity index (χ1) is 7.55. The highest BCUT2D eigenvalue weighted by molar-refractivity contribution is 5.03. The van der Waals surface area contributed by atoms with Gasteiger partial charge in [0.15, 0.2) is 5.69 Å². The second-order valence-corrected chi connectivity index (χ2v) is 4.11. The Bertz CT molecular complexity index is 339. The van der Waals surface area contributed by atoms with Crippen molar-refractivity contribution in [3.05, 3.63) is 18.0 Å². The monoisotopic (exact) mass is 233 g/mol. The minimum atomic E-state index is -4.33. The molecule has 0 aromatic carbocycles. The van der Waals surface area contributed by atoms with Gasteiger partial charge in [-0.05, 0) is 37.9 Å². The van der Waals surface area contributed by atoms with Crippen molar-refractivity contribution < 1.29 is 13.2 Å². The van der Waals surface area contributed by atoms with Crippen LogP contribution in [0.3, 0.4) is 0 Å². The Hall–Kier alpha value is -1.04. The summed E-state index contributed by atoms with van der Waals surface area (Å²) in [5.74, 6) is 0.433. The van der Waals surface area contributed by atoms with Gasteiger partial charge in [-0.1, -0.05) is 0 Å². The fraction of sp³-hybridized carbons (Fsp3) is 0.700. The Morgan fingerprint density at radius 3 is 2.62 bits per heavy atom. The standard InChI is InChI=1S/C10H14F3N3/c11-10(12,13)9-3-6-16(15-9)7-8-1-4-14-5-2-8/h3,6,8,14H,1-2,4-5,7H2. The zero-order valence-corrected chi connectivity index (χ0v) is 8.80. The van der Waals surface area contributed by atoms with Crippen LogP contribution in [0.15, 0.2) is 12.3 Å². The lowest BCUT2D eigenvalue weighted by atomic mass is 9.98. The van der Waals surface area contributed by atoms with Gasteiger partial charge in [0, 0.05) is 12.7 Å². The summed E-state index contributed by atoms with van der Waals surface area (Å²) in [6.45, 7) is 2.47. The first kappa shape index (κ1) is 11.4. The highest BCUT2D eigenvalue weighted by atomic mass is 19.4. The first-order valence-electron chi connectivity index (χ1n) is 5.37. The molecule has 0 unspecified atom stereocenters. The summed E-state index contributed by atoms with van der Waals surface area (Å²) in [6.07, 6.45) is -0.924. The second kappa shape index (κ2) is 4.45. The van der Waals surface area contributed by atoms with Gasteiger partial charge in [0.1, 0.15) is 0 Å². The van der Waals surface area contributed by atoms with Crippen molar-refractivity contribution in [2.45, 2.75) is 25.6 Å². The summed E-state index contributed by atoms with van der Waals surface area (Å²) in [5, 5.41) is 6.77. The van der Waals surface area contributed by atoms with E-state index in [1.165, 1.54) is 10.9 Å². The lowest BCUT2D eigenvalue weighted by Gasteiger charge is -2.22. The smallest absolute Gasteiger partial charge is 0.317 e. The summed E-state index contributed by atoms with van der Waals surface area (Å²) in [4.78, 5) is 0. The van der Waals surface area contributed by atoms with Crippen LogP contribution in [0.4, 0.5) is 13.2 Å². The molecule has 0 aliphatic carbocycles. The van der Waals surface area contributed by atoms with Crippen LogP contribution in [0.5, 0.6) is 0 Å². The van der Waals surface area contributed by atoms with Gasteiger partial charge in [0.25, 0.3) is 0 Å². The van der Waals surface area contributed by atoms with Crippen molar-refractivity contribution in [3.8, 4) is 0 Å². The lowest BCUT2D eigenvalue weighted by molar-refractivity contribution is -0.141. The quantitative estimate of drug-likeness (QED) is 0.845. The van der Waals surface area contributed by atoms with Crippen molar-refractivity contribution in [2.24, 2.45) is 5.92 Å². The third kappa shape index (κ3) is 2.75. The minimum Gasteiger partial charge on any atom is -0.317 e. The SMILES string of the molecule is FC(F)(F)c1ccn(CC2CCNCC2)n1. The summed E-state index contributed by atoms with van der Waals surface area (Å²) in [5.41, 5.74) is -0.804. The molecule has 0 spiro atoms. The van der Waals surface area contributed by atoms with Crippen molar-refractivity contribution in [3.63, 3.8) is 0 Å². The number of nitrogens with one attached hydrogen (secondary N) is 1. The third-order valence-corrected chi connectivity index (χ3v) is 2.84. The van der Waals surface area contributed by atoms with Crippen LogP contribution in [0.1, 0.15) is 18.5 Å². The summed E-state index contributed by atoms with van der Waals surface area (Å²) >= 11 is 0. The molecule has 1 aromatic rings. The van der Waals surface area contributed by atoms with E-state index in [0.29, 0.717) is 12.5 Å². The number of halogens is 3. The van der Waals surface area contributed by atoms with E-state index in [0.717, 1.165) is 32.0 Å². The molecule has 2 heterocycles. The highest BCUT2D eigenvalue weighted by Gasteiger charge is 2.33. The van der Waals surface area contributed by atoms with E-state index in [-0.39, 0.29) is 0 Å². The summed E-state index contributed by atoms with van der Waals surface area (Å²) in [7, 11) is 0. The maximum atomic E-state index is 12.3. The van der Waals surface area contributed by atoms with Gasteiger partial charge in [0.2, 0.25) is 0 Å². The fourth-order valence-corrected chi connectivity index (χ4v) is 1.94. The maximum absolute atomic E-state index is 12.3. The van der Waals surface area contributed by atoms with Gasteiger partial charge < -0.3 is 5.32 Å². The molecule has 1 aliphatic rings. The van der Waals surface area contributed by atoms with Crippen LogP contribution in [0.2, 0.25) is 0 Å². The number of hydrogen-bond donors (Lipinski definition) is 1. The van der Waals surface area contributed by atoms with E-state index < -0.39 is 11.9 Å². The normalized spacial score (nSPS) is 18.9. The molecule has 2 rings (SSSR count). The molecular formula is C10H14F3N3. The molecule has 6 heteroatoms. The summed E-state index contributed by atoms with van der Waals surface area (Å²) < 4.78 is 38.3. The molecule has 0 amide bonds. The van der Waals surface area contributed by atoms with E-state index >= 15 is 0 Å². The first-order valence-corrected chi connectivity index (χ1v) is 5.37. The van der Waals surface area contributed by atoms with Crippen LogP contribution in [-0.2, 0) is 12.7 Å². The van der Waals surface area contributed by atoms with Crippen molar-refractivity contribution in [1.82, 2.24) is 15.1 Å². The van der Waals surface area contributed by atoms with Crippen LogP contribution >= 0.6 is 0 Å². The zero-order chi connectivity index (χ0) is 11.6. The maximum Gasteiger partial charge on any atom is 0.435 e. The number of piperidine rings is 1. The van der Waals surface area contributed by atoms with Gasteiger partial charge in [-0.2, -0.15) is 18.3 Å². The van der Waals surface area contributed by atoms with Gasteiger partial charge in [-0.15, -0.1) is 0 Å². The highest BCUT2D eigenvalue weighted by Crippen LogP contribution is 2.27. The topological polar surface area (TPSA) is 29.9 Å². The van der Waals surface area contributed by atoms with Crippen LogP contribution in [0.25, 0.3) is 0 Å². The molecule has 16 heavy (non-hydrogen) atoms. The molecule has 0 saturated carbocycles. The molecule has 1 saturated heterocycles. The minimum absolute atomic E-state index is 0.433. The lowest BCUT2D eigenvalue weighted by Crippen LogP contribution is -2.30. The van der Waals surface area contributed by atoms with Gasteiger partial charge in [-0.3, -0.25) is 4.68 Å². The van der Waals surface area contributed by atoms with Gasteiger partial charge in [-0.25, -0.2) is 0 Å². The Labute approximate surface area is 91.6 Å². The van der Waals surface area contributed by atoms with Crippen LogP contribution in [0, 0.1) is 5.92 Å². The third-order valence-electron chi connectivity index (χ3n) is 2.84. The number of rotatable bonds is 2. The van der Waals surface area contributed by atoms with E-state index in [4.69, 9.17) is 0 Å². The number of aromatic nitrogens is 2. The molecular weight excluding hydrogens is 219 g/mol. The molecule has 0 bridgehead atoms. The molecule has 1 fully saturated rings. The van der Waals surface area contributed by atoms with E-state index in [2.05, 4.69) is 10.4 Å². The number of hydrogen-bond acceptors (Lipinski definition) is 2. The molecule has 1 N–H and O–H groups in total. The molecule has 1 aliphatic heterocycles. The van der Waals surface area contributed by atoms with Crippen molar-refractivity contribution in [1.29, 1.82) is 0 Å². The van der Waals surface area contributed by atoms with E-state index in [9.17, 15) is 13.2 Å². The number of alkyl halides is 3. The van der Waals surface area contributed by atoms with E-state index in [1.807, 2.05) is 0 Å². The van der Waals surface area contributed by atoms with Gasteiger partial charge in [0.05, 0.1) is 0 Å². The van der Waals surface area contributed by atoms with Crippen LogP contribution in [-0.4, -0.2) is 22.9 Å². The zero-order valence-electron chi connectivity index (χ0n) is 8.80. The van der Waals surface area contributed by atoms with Crippen LogP contribution < -0.4 is 5.32 Å². The molecule has 90 valence electrons. The van der Waals surface area contributed by atoms with E-state index in [1.54, 1.807) is 0 Å². The molecule has 1 aromatic heterocycles. The predicted molar refractivity (Wildman–Crippen MR) is 52.8 cm³/mol. The number of nitrogens with zero attached hydrogens (tertiary/aromatic N) is 2. The summed E-state index contributed by atoms with van der Waals surface area (Å²) in [6, 6.07) is 1.03. The Morgan fingerprint density at radius 2 is 2.06 bits per heavy atom. The molecule has 0 radical (unpaired) electrons. The molecule has 3 nitrogen and oxygen atoms in total. The van der Waals surface area contributed by atoms with Crippen molar-refractivity contribution >= 4 is 0 Å². The largest absolute Gasteiger partial charge is 0.435 e. The Kier molecular flexibility index (Phi) is 3.18. The van der Waals surface area contributed by atoms with Gasteiger partial charge >= 0.3 is 6.18 Å². The average molecular weight is 233 g/mol. The second-order valence-electron chi connectivity index (χ2n) is 4.11.